The zero-order valence-corrected chi connectivity index (χ0v) is 7.47. The van der Waals surface area contributed by atoms with Crippen LogP contribution in [0.5, 0.6) is 0 Å². The van der Waals surface area contributed by atoms with E-state index in [1.165, 1.54) is 38.5 Å². The minimum absolute atomic E-state index is 0.295. The van der Waals surface area contributed by atoms with Gasteiger partial charge in [0.05, 0.1) is 0 Å². The summed E-state index contributed by atoms with van der Waals surface area (Å²) in [6, 6.07) is 0. The van der Waals surface area contributed by atoms with Gasteiger partial charge in [0.1, 0.15) is 0 Å². The minimum Gasteiger partial charge on any atom is -0.325 e. The van der Waals surface area contributed by atoms with Crippen molar-refractivity contribution in [1.82, 2.24) is 0 Å². The fraction of sp³-hybridized carbons (Fsp3) is 1.00. The number of nitrogens with two attached hydrogens (primary N) is 1. The zero-order chi connectivity index (χ0) is 7.90. The molecule has 11 heavy (non-hydrogen) atoms. The van der Waals surface area contributed by atoms with Gasteiger partial charge in [-0.1, -0.05) is 6.92 Å². The molecule has 2 fully saturated rings. The highest BCUT2D eigenvalue weighted by Crippen LogP contribution is 2.43. The highest BCUT2D eigenvalue weighted by Gasteiger charge is 2.38. The average molecular weight is 153 g/mol. The standard InChI is InChI=1S/C10H19N/c1-8(9-2-3-9)4-5-10(11)6-7-10/h8-9H,2-7,11H2,1H3. The maximum Gasteiger partial charge on any atom is 0.0155 e. The lowest BCUT2D eigenvalue weighted by Crippen LogP contribution is -2.22. The van der Waals surface area contributed by atoms with Crippen LogP contribution in [0, 0.1) is 11.8 Å². The molecular formula is C10H19N. The lowest BCUT2D eigenvalue weighted by atomic mass is 9.97. The predicted molar refractivity (Wildman–Crippen MR) is 47.3 cm³/mol. The topological polar surface area (TPSA) is 26.0 Å². The van der Waals surface area contributed by atoms with Crippen molar-refractivity contribution in [2.75, 3.05) is 0 Å². The summed E-state index contributed by atoms with van der Waals surface area (Å²) in [6.07, 6.45) is 8.19. The van der Waals surface area contributed by atoms with Crippen LogP contribution in [0.3, 0.4) is 0 Å². The van der Waals surface area contributed by atoms with E-state index in [2.05, 4.69) is 6.92 Å². The molecular weight excluding hydrogens is 134 g/mol. The Morgan fingerprint density at radius 1 is 1.45 bits per heavy atom. The van der Waals surface area contributed by atoms with E-state index in [1.54, 1.807) is 0 Å². The van der Waals surface area contributed by atoms with E-state index in [1.807, 2.05) is 0 Å². The van der Waals surface area contributed by atoms with Gasteiger partial charge in [0.2, 0.25) is 0 Å². The Kier molecular flexibility index (Phi) is 1.71. The molecule has 0 aliphatic heterocycles. The molecule has 0 spiro atoms. The van der Waals surface area contributed by atoms with E-state index in [4.69, 9.17) is 5.73 Å². The quantitative estimate of drug-likeness (QED) is 0.659. The Morgan fingerprint density at radius 2 is 2.09 bits per heavy atom. The molecule has 0 aromatic carbocycles. The average Bonchev–Trinajstić information content (AvgIpc) is 2.76. The van der Waals surface area contributed by atoms with Crippen LogP contribution >= 0.6 is 0 Å². The lowest BCUT2D eigenvalue weighted by Gasteiger charge is -2.13. The van der Waals surface area contributed by atoms with Crippen LogP contribution in [0.2, 0.25) is 0 Å². The summed E-state index contributed by atoms with van der Waals surface area (Å²) in [5, 5.41) is 0. The molecule has 2 N–H and O–H groups in total. The number of hydrogen-bond donors (Lipinski definition) is 1. The van der Waals surface area contributed by atoms with E-state index in [9.17, 15) is 0 Å². The normalized spacial score (nSPS) is 30.0. The van der Waals surface area contributed by atoms with Gasteiger partial charge in [-0.05, 0) is 50.4 Å². The molecule has 0 amide bonds. The van der Waals surface area contributed by atoms with Gasteiger partial charge in [0.15, 0.2) is 0 Å². The second-order valence-corrected chi connectivity index (χ2v) is 4.72. The van der Waals surface area contributed by atoms with Crippen molar-refractivity contribution in [3.8, 4) is 0 Å². The van der Waals surface area contributed by atoms with Crippen LogP contribution in [-0.4, -0.2) is 5.54 Å². The smallest absolute Gasteiger partial charge is 0.0155 e. The highest BCUT2D eigenvalue weighted by molar-refractivity contribution is 4.98. The third kappa shape index (κ3) is 1.96. The summed E-state index contributed by atoms with van der Waals surface area (Å²) in [5.41, 5.74) is 6.31. The molecule has 0 radical (unpaired) electrons. The van der Waals surface area contributed by atoms with Crippen molar-refractivity contribution in [1.29, 1.82) is 0 Å². The van der Waals surface area contributed by atoms with E-state index >= 15 is 0 Å². The predicted octanol–water partition coefficient (Wildman–Crippen LogP) is 2.30. The lowest BCUT2D eigenvalue weighted by molar-refractivity contribution is 0.420. The van der Waals surface area contributed by atoms with Crippen molar-refractivity contribution >= 4 is 0 Å². The van der Waals surface area contributed by atoms with Crippen LogP contribution in [0.4, 0.5) is 0 Å². The summed E-state index contributed by atoms with van der Waals surface area (Å²) in [6.45, 7) is 2.39. The molecule has 2 saturated carbocycles. The third-order valence-electron chi connectivity index (χ3n) is 3.42. The van der Waals surface area contributed by atoms with Gasteiger partial charge in [0, 0.05) is 5.54 Å². The SMILES string of the molecule is CC(CCC1(N)CC1)C1CC1. The van der Waals surface area contributed by atoms with E-state index in [0.29, 0.717) is 5.54 Å². The maximum absolute atomic E-state index is 6.02. The third-order valence-corrected chi connectivity index (χ3v) is 3.42. The first kappa shape index (κ1) is 7.60. The second kappa shape index (κ2) is 2.48. The summed E-state index contributed by atoms with van der Waals surface area (Å²) < 4.78 is 0. The van der Waals surface area contributed by atoms with Crippen LogP contribution in [0.1, 0.15) is 45.4 Å². The van der Waals surface area contributed by atoms with Crippen molar-refractivity contribution in [3.63, 3.8) is 0 Å². The van der Waals surface area contributed by atoms with E-state index < -0.39 is 0 Å². The molecule has 1 heteroatoms. The van der Waals surface area contributed by atoms with Gasteiger partial charge in [-0.25, -0.2) is 0 Å². The highest BCUT2D eigenvalue weighted by atomic mass is 14.8. The van der Waals surface area contributed by atoms with Gasteiger partial charge >= 0.3 is 0 Å². The first-order valence-electron chi connectivity index (χ1n) is 4.98. The van der Waals surface area contributed by atoms with Gasteiger partial charge in [-0.3, -0.25) is 0 Å². The van der Waals surface area contributed by atoms with Crippen molar-refractivity contribution < 1.29 is 0 Å². The molecule has 1 nitrogen and oxygen atoms in total. The van der Waals surface area contributed by atoms with Gasteiger partial charge in [-0.2, -0.15) is 0 Å². The molecule has 64 valence electrons. The number of hydrogen-bond acceptors (Lipinski definition) is 1. The van der Waals surface area contributed by atoms with Gasteiger partial charge < -0.3 is 5.73 Å². The van der Waals surface area contributed by atoms with E-state index in [0.717, 1.165) is 11.8 Å². The Morgan fingerprint density at radius 3 is 2.55 bits per heavy atom. The van der Waals surface area contributed by atoms with Crippen LogP contribution < -0.4 is 5.73 Å². The fourth-order valence-electron chi connectivity index (χ4n) is 1.83. The Hall–Kier alpha value is -0.0400. The summed E-state index contributed by atoms with van der Waals surface area (Å²) >= 11 is 0. The molecule has 1 unspecified atom stereocenters. The second-order valence-electron chi connectivity index (χ2n) is 4.72. The largest absolute Gasteiger partial charge is 0.325 e. The molecule has 1 atom stereocenters. The van der Waals surface area contributed by atoms with Crippen molar-refractivity contribution in [3.05, 3.63) is 0 Å². The molecule has 0 bridgehead atoms. The zero-order valence-electron chi connectivity index (χ0n) is 7.47. The summed E-state index contributed by atoms with van der Waals surface area (Å²) in [5.74, 6) is 2.02. The molecule has 2 rings (SSSR count). The fourth-order valence-corrected chi connectivity index (χ4v) is 1.83. The molecule has 2 aliphatic carbocycles. The number of rotatable bonds is 4. The Labute approximate surface area is 69.4 Å². The van der Waals surface area contributed by atoms with E-state index in [-0.39, 0.29) is 0 Å². The molecule has 0 aromatic rings. The summed E-state index contributed by atoms with van der Waals surface area (Å²) in [7, 11) is 0. The molecule has 0 aromatic heterocycles. The first-order chi connectivity index (χ1) is 5.20. The van der Waals surface area contributed by atoms with Gasteiger partial charge in [-0.15, -0.1) is 0 Å². The van der Waals surface area contributed by atoms with Crippen LogP contribution in [-0.2, 0) is 0 Å². The van der Waals surface area contributed by atoms with Crippen molar-refractivity contribution in [2.24, 2.45) is 17.6 Å². The van der Waals surface area contributed by atoms with Crippen molar-refractivity contribution in [2.45, 2.75) is 51.0 Å². The Bertz CT molecular complexity index is 145. The molecule has 0 heterocycles. The van der Waals surface area contributed by atoms with Gasteiger partial charge in [0.25, 0.3) is 0 Å². The maximum atomic E-state index is 6.02. The molecule has 0 saturated heterocycles. The first-order valence-corrected chi connectivity index (χ1v) is 4.98. The van der Waals surface area contributed by atoms with Crippen LogP contribution in [0.15, 0.2) is 0 Å². The monoisotopic (exact) mass is 153 g/mol. The van der Waals surface area contributed by atoms with Crippen LogP contribution in [0.25, 0.3) is 0 Å². The summed E-state index contributed by atoms with van der Waals surface area (Å²) in [4.78, 5) is 0. The minimum atomic E-state index is 0.295. The molecule has 2 aliphatic rings. The Balaban J connectivity index is 1.65.